The van der Waals surface area contributed by atoms with Gasteiger partial charge in [-0.15, -0.1) is 11.3 Å². The maximum absolute atomic E-state index is 13.0. The van der Waals surface area contributed by atoms with E-state index in [1.165, 1.54) is 23.5 Å². The summed E-state index contributed by atoms with van der Waals surface area (Å²) in [7, 11) is 0. The minimum Gasteiger partial charge on any atom is -0.490 e. The van der Waals surface area contributed by atoms with Crippen molar-refractivity contribution in [1.29, 1.82) is 0 Å². The number of thiophene rings is 1. The van der Waals surface area contributed by atoms with E-state index in [0.717, 1.165) is 46.5 Å². The number of rotatable bonds is 5. The maximum atomic E-state index is 13.0. The van der Waals surface area contributed by atoms with Crippen LogP contribution in [0.3, 0.4) is 0 Å². The molecule has 3 aromatic rings. The fourth-order valence-corrected chi connectivity index (χ4v) is 6.23. The van der Waals surface area contributed by atoms with Gasteiger partial charge in [-0.2, -0.15) is 13.2 Å². The number of anilines is 1. The second-order valence-electron chi connectivity index (χ2n) is 11.9. The monoisotopic (exact) mass is 603 g/mol. The van der Waals surface area contributed by atoms with E-state index >= 15 is 0 Å². The molecule has 2 saturated heterocycles. The minimum atomic E-state index is -4.34. The molecular weight excluding hydrogens is 567 g/mol. The number of ether oxygens (including phenoxy) is 2. The summed E-state index contributed by atoms with van der Waals surface area (Å²) in [4.78, 5) is 29.7. The Labute approximate surface area is 247 Å². The number of nitrogens with one attached hydrogen (secondary N) is 1. The summed E-state index contributed by atoms with van der Waals surface area (Å²) in [6.45, 7) is 7.99. The van der Waals surface area contributed by atoms with E-state index in [0.29, 0.717) is 43.9 Å². The summed E-state index contributed by atoms with van der Waals surface area (Å²) >= 11 is 1.43. The van der Waals surface area contributed by atoms with Gasteiger partial charge < -0.3 is 24.6 Å². The molecule has 1 N–H and O–H groups in total. The van der Waals surface area contributed by atoms with Gasteiger partial charge in [0.15, 0.2) is 0 Å². The summed E-state index contributed by atoms with van der Waals surface area (Å²) in [6, 6.07) is 13.0. The largest absolute Gasteiger partial charge is 0.490 e. The van der Waals surface area contributed by atoms with Crippen molar-refractivity contribution in [1.82, 2.24) is 10.2 Å². The first-order chi connectivity index (χ1) is 19.8. The van der Waals surface area contributed by atoms with Crippen molar-refractivity contribution < 1.29 is 32.2 Å². The van der Waals surface area contributed by atoms with Crippen LogP contribution in [0.4, 0.5) is 23.7 Å². The van der Waals surface area contributed by atoms with E-state index in [1.807, 2.05) is 45.0 Å². The molecule has 2 amide bonds. The highest BCUT2D eigenvalue weighted by Gasteiger charge is 2.31. The molecule has 0 bridgehead atoms. The number of hydrogen-bond acceptors (Lipinski definition) is 6. The summed E-state index contributed by atoms with van der Waals surface area (Å²) in [6.07, 6.45) is -1.81. The number of benzene rings is 2. The Balaban J connectivity index is 1.11. The first kappa shape index (κ1) is 30.0. The summed E-state index contributed by atoms with van der Waals surface area (Å²) in [5, 5.41) is 4.05. The van der Waals surface area contributed by atoms with Crippen LogP contribution in [0.2, 0.25) is 0 Å². The zero-order chi connectivity index (χ0) is 30.1. The number of halogens is 3. The van der Waals surface area contributed by atoms with Crippen LogP contribution in [0, 0.1) is 0 Å². The van der Waals surface area contributed by atoms with Gasteiger partial charge in [0, 0.05) is 55.4 Å². The molecule has 226 valence electrons. The molecule has 0 unspecified atom stereocenters. The maximum Gasteiger partial charge on any atom is 0.416 e. The predicted octanol–water partition coefficient (Wildman–Crippen LogP) is 7.10. The van der Waals surface area contributed by atoms with Gasteiger partial charge in [-0.3, -0.25) is 4.79 Å². The minimum absolute atomic E-state index is 0.00102. The van der Waals surface area contributed by atoms with Crippen LogP contribution in [0.15, 0.2) is 48.5 Å². The third kappa shape index (κ3) is 7.48. The average Bonchev–Trinajstić information content (AvgIpc) is 3.36. The zero-order valence-electron chi connectivity index (χ0n) is 24.0. The van der Waals surface area contributed by atoms with Crippen LogP contribution in [0.5, 0.6) is 5.75 Å². The Kier molecular flexibility index (Phi) is 8.59. The van der Waals surface area contributed by atoms with Crippen LogP contribution in [0.25, 0.3) is 10.1 Å². The first-order valence-electron chi connectivity index (χ1n) is 14.3. The Bertz CT molecular complexity index is 1400. The normalized spacial score (nSPS) is 17.4. The van der Waals surface area contributed by atoms with Crippen LogP contribution in [-0.4, -0.2) is 60.8 Å². The number of amides is 2. The number of nitrogens with zero attached hydrogens (tertiary/aromatic N) is 2. The van der Waals surface area contributed by atoms with Crippen molar-refractivity contribution >= 4 is 39.1 Å². The lowest BCUT2D eigenvalue weighted by molar-refractivity contribution is -0.137. The first-order valence-corrected chi connectivity index (χ1v) is 15.1. The van der Waals surface area contributed by atoms with Crippen molar-refractivity contribution in [3.63, 3.8) is 0 Å². The van der Waals surface area contributed by atoms with E-state index in [4.69, 9.17) is 9.47 Å². The lowest BCUT2D eigenvalue weighted by atomic mass is 10.1. The Morgan fingerprint density at radius 3 is 2.19 bits per heavy atom. The Morgan fingerprint density at radius 2 is 1.57 bits per heavy atom. The molecule has 3 heterocycles. The summed E-state index contributed by atoms with van der Waals surface area (Å²) in [5.41, 5.74) is -0.403. The zero-order valence-corrected chi connectivity index (χ0v) is 24.8. The van der Waals surface area contributed by atoms with Gasteiger partial charge in [0.2, 0.25) is 0 Å². The quantitative estimate of drug-likeness (QED) is 0.337. The highest BCUT2D eigenvalue weighted by atomic mass is 32.1. The van der Waals surface area contributed by atoms with Crippen LogP contribution in [-0.2, 0) is 10.9 Å². The standard InChI is InChI=1S/C31H36F3N3O4S/c1-30(2,3)41-29(39)37-14-10-22(11-15-37)35-28(38)27-19-20-18-25(8-9-26(20)42-27)40-24-12-16-36(17-13-24)23-6-4-21(5-7-23)31(32,33)34/h4-9,18-19,22,24H,10-17H2,1-3H3,(H,35,38). The molecule has 2 aromatic carbocycles. The third-order valence-corrected chi connectivity index (χ3v) is 8.61. The SMILES string of the molecule is CC(C)(C)OC(=O)N1CCC(NC(=O)c2cc3cc(OC4CCN(c5ccc(C(F)(F)F)cc5)CC4)ccc3s2)CC1. The third-order valence-electron chi connectivity index (χ3n) is 7.50. The molecule has 5 rings (SSSR count). The van der Waals surface area contributed by atoms with Crippen molar-refractivity contribution in [2.24, 2.45) is 0 Å². The van der Waals surface area contributed by atoms with Crippen molar-refractivity contribution in [3.05, 3.63) is 59.0 Å². The van der Waals surface area contributed by atoms with Crippen molar-refractivity contribution in [2.75, 3.05) is 31.1 Å². The molecule has 0 saturated carbocycles. The number of hydrogen-bond donors (Lipinski definition) is 1. The van der Waals surface area contributed by atoms with Gasteiger partial charge in [0.25, 0.3) is 5.91 Å². The molecule has 7 nitrogen and oxygen atoms in total. The molecule has 0 radical (unpaired) electrons. The van der Waals surface area contributed by atoms with Gasteiger partial charge in [-0.25, -0.2) is 4.79 Å². The lowest BCUT2D eigenvalue weighted by Gasteiger charge is -2.33. The number of carbonyl (C=O) groups excluding carboxylic acids is 2. The lowest BCUT2D eigenvalue weighted by Crippen LogP contribution is -2.47. The van der Waals surface area contributed by atoms with Gasteiger partial charge >= 0.3 is 12.3 Å². The number of fused-ring (bicyclic) bond motifs is 1. The molecule has 0 spiro atoms. The molecule has 0 atom stereocenters. The average molecular weight is 604 g/mol. The van der Waals surface area contributed by atoms with Crippen LogP contribution < -0.4 is 15.0 Å². The molecule has 0 aliphatic carbocycles. The number of alkyl halides is 3. The highest BCUT2D eigenvalue weighted by molar-refractivity contribution is 7.20. The van der Waals surface area contributed by atoms with E-state index in [-0.39, 0.29) is 24.1 Å². The number of piperidine rings is 2. The van der Waals surface area contributed by atoms with Gasteiger partial charge in [-0.1, -0.05) is 0 Å². The Hall–Kier alpha value is -3.47. The van der Waals surface area contributed by atoms with Crippen molar-refractivity contribution in [3.8, 4) is 5.75 Å². The van der Waals surface area contributed by atoms with Crippen LogP contribution >= 0.6 is 11.3 Å². The molecular formula is C31H36F3N3O4S. The molecule has 2 aliphatic heterocycles. The van der Waals surface area contributed by atoms with Gasteiger partial charge in [0.05, 0.1) is 10.4 Å². The summed E-state index contributed by atoms with van der Waals surface area (Å²) < 4.78 is 51.3. The van der Waals surface area contributed by atoms with E-state index in [2.05, 4.69) is 10.2 Å². The van der Waals surface area contributed by atoms with Crippen LogP contribution in [0.1, 0.15) is 61.7 Å². The topological polar surface area (TPSA) is 71.1 Å². The smallest absolute Gasteiger partial charge is 0.416 e. The predicted molar refractivity (Wildman–Crippen MR) is 157 cm³/mol. The van der Waals surface area contributed by atoms with Gasteiger partial charge in [-0.05, 0) is 87.5 Å². The van der Waals surface area contributed by atoms with E-state index in [1.54, 1.807) is 4.90 Å². The second kappa shape index (κ2) is 12.0. The summed E-state index contributed by atoms with van der Waals surface area (Å²) in [5.74, 6) is 0.611. The Morgan fingerprint density at radius 1 is 0.905 bits per heavy atom. The molecule has 2 fully saturated rings. The van der Waals surface area contributed by atoms with Gasteiger partial charge in [0.1, 0.15) is 17.5 Å². The molecule has 42 heavy (non-hydrogen) atoms. The number of likely N-dealkylation sites (tertiary alicyclic amines) is 1. The fraction of sp³-hybridized carbons (Fsp3) is 0.484. The van der Waals surface area contributed by atoms with E-state index < -0.39 is 17.3 Å². The highest BCUT2D eigenvalue weighted by Crippen LogP contribution is 2.33. The second-order valence-corrected chi connectivity index (χ2v) is 13.0. The molecule has 2 aliphatic rings. The van der Waals surface area contributed by atoms with E-state index in [9.17, 15) is 22.8 Å². The number of carbonyl (C=O) groups is 2. The van der Waals surface area contributed by atoms with Crippen molar-refractivity contribution in [2.45, 2.75) is 70.4 Å². The molecule has 1 aromatic heterocycles. The fourth-order valence-electron chi connectivity index (χ4n) is 5.28. The molecule has 11 heteroatoms.